The number of carbonyl (C=O) groups is 2. The number of benzene rings is 1. The summed E-state index contributed by atoms with van der Waals surface area (Å²) in [5.41, 5.74) is 2.33. The molecule has 6 nitrogen and oxygen atoms in total. The van der Waals surface area contributed by atoms with Crippen molar-refractivity contribution in [2.45, 2.75) is 65.0 Å². The summed E-state index contributed by atoms with van der Waals surface area (Å²) >= 11 is 0. The second-order valence-corrected chi connectivity index (χ2v) is 9.82. The van der Waals surface area contributed by atoms with Gasteiger partial charge in [-0.25, -0.2) is 4.39 Å². The molecule has 2 aliphatic heterocycles. The lowest BCUT2D eigenvalue weighted by Gasteiger charge is -2.41. The van der Waals surface area contributed by atoms with Crippen LogP contribution in [0.5, 0.6) is 0 Å². The van der Waals surface area contributed by atoms with Crippen molar-refractivity contribution >= 4 is 17.5 Å². The monoisotopic (exact) mass is 445 g/mol. The molecular formula is C25H36FN3O3. The lowest BCUT2D eigenvalue weighted by molar-refractivity contribution is -0.140. The van der Waals surface area contributed by atoms with Gasteiger partial charge in [-0.3, -0.25) is 14.5 Å². The predicted octanol–water partition coefficient (Wildman–Crippen LogP) is 3.72. The number of rotatable bonds is 6. The SMILES string of the molecule is Cc1c(CN2CCN(C(=O)C3CCCC3)C(C)C2)cc(F)cc1NC(=O)CC1CCOC1. The highest BCUT2D eigenvalue weighted by Crippen LogP contribution is 2.29. The van der Waals surface area contributed by atoms with Crippen molar-refractivity contribution in [1.82, 2.24) is 9.80 Å². The highest BCUT2D eigenvalue weighted by atomic mass is 19.1. The van der Waals surface area contributed by atoms with E-state index in [2.05, 4.69) is 17.1 Å². The van der Waals surface area contributed by atoms with E-state index in [0.29, 0.717) is 37.8 Å². The summed E-state index contributed by atoms with van der Waals surface area (Å²) in [5, 5.41) is 2.91. The standard InChI is InChI=1S/C25H36FN3O3/c1-17-14-28(8-9-29(17)25(31)20-5-3-4-6-20)15-21-12-22(26)13-23(18(21)2)27-24(30)11-19-7-10-32-16-19/h12-13,17,19-20H,3-11,14-16H2,1-2H3,(H,27,30). The van der Waals surface area contributed by atoms with Crippen molar-refractivity contribution in [1.29, 1.82) is 0 Å². The summed E-state index contributed by atoms with van der Waals surface area (Å²) in [6, 6.07) is 3.12. The van der Waals surface area contributed by atoms with Crippen LogP contribution in [0.15, 0.2) is 12.1 Å². The Morgan fingerprint density at radius 3 is 2.66 bits per heavy atom. The summed E-state index contributed by atoms with van der Waals surface area (Å²) in [6.45, 7) is 8.26. The number of piperazine rings is 1. The lowest BCUT2D eigenvalue weighted by Crippen LogP contribution is -2.54. The Kier molecular flexibility index (Phi) is 7.46. The molecule has 3 fully saturated rings. The van der Waals surface area contributed by atoms with Crippen molar-refractivity contribution in [3.05, 3.63) is 29.1 Å². The Labute approximate surface area is 190 Å². The third-order valence-electron chi connectivity index (χ3n) is 7.35. The van der Waals surface area contributed by atoms with E-state index in [1.807, 2.05) is 11.8 Å². The minimum atomic E-state index is -0.340. The van der Waals surface area contributed by atoms with E-state index in [0.717, 1.165) is 62.9 Å². The maximum absolute atomic E-state index is 14.4. The second kappa shape index (κ2) is 10.3. The van der Waals surface area contributed by atoms with Crippen LogP contribution < -0.4 is 5.32 Å². The molecule has 2 saturated heterocycles. The van der Waals surface area contributed by atoms with E-state index in [9.17, 15) is 14.0 Å². The molecule has 2 unspecified atom stereocenters. The van der Waals surface area contributed by atoms with Gasteiger partial charge in [0.25, 0.3) is 0 Å². The zero-order chi connectivity index (χ0) is 22.7. The Balaban J connectivity index is 1.36. The zero-order valence-electron chi connectivity index (χ0n) is 19.4. The molecule has 2 heterocycles. The number of anilines is 1. The predicted molar refractivity (Wildman–Crippen MR) is 122 cm³/mol. The zero-order valence-corrected chi connectivity index (χ0v) is 19.4. The van der Waals surface area contributed by atoms with Gasteiger partial charge >= 0.3 is 0 Å². The number of carbonyl (C=O) groups excluding carboxylic acids is 2. The highest BCUT2D eigenvalue weighted by molar-refractivity contribution is 5.91. The molecule has 32 heavy (non-hydrogen) atoms. The van der Waals surface area contributed by atoms with Gasteiger partial charge in [-0.2, -0.15) is 0 Å². The fourth-order valence-electron chi connectivity index (χ4n) is 5.39. The molecule has 3 aliphatic rings. The van der Waals surface area contributed by atoms with Crippen LogP contribution >= 0.6 is 0 Å². The third-order valence-corrected chi connectivity index (χ3v) is 7.35. The number of nitrogens with one attached hydrogen (secondary N) is 1. The second-order valence-electron chi connectivity index (χ2n) is 9.82. The van der Waals surface area contributed by atoms with Gasteiger partial charge in [-0.05, 0) is 62.3 Å². The van der Waals surface area contributed by atoms with Crippen molar-refractivity contribution in [2.75, 3.05) is 38.2 Å². The first-order valence-electron chi connectivity index (χ1n) is 12.1. The van der Waals surface area contributed by atoms with Gasteiger partial charge < -0.3 is 15.0 Å². The maximum atomic E-state index is 14.4. The molecule has 1 aromatic carbocycles. The van der Waals surface area contributed by atoms with Crippen LogP contribution in [0.1, 0.15) is 56.6 Å². The minimum Gasteiger partial charge on any atom is -0.381 e. The van der Waals surface area contributed by atoms with Gasteiger partial charge in [0.05, 0.1) is 0 Å². The van der Waals surface area contributed by atoms with Crippen molar-refractivity contribution in [2.24, 2.45) is 11.8 Å². The molecule has 7 heteroatoms. The molecule has 176 valence electrons. The number of ether oxygens (including phenoxy) is 1. The van der Waals surface area contributed by atoms with Crippen molar-refractivity contribution in [3.8, 4) is 0 Å². The average Bonchev–Trinajstić information content (AvgIpc) is 3.45. The third kappa shape index (κ3) is 5.49. The number of amides is 2. The van der Waals surface area contributed by atoms with Crippen molar-refractivity contribution < 1.29 is 18.7 Å². The van der Waals surface area contributed by atoms with Crippen molar-refractivity contribution in [3.63, 3.8) is 0 Å². The fourth-order valence-corrected chi connectivity index (χ4v) is 5.39. The summed E-state index contributed by atoms with van der Waals surface area (Å²) in [5.74, 6) is 0.333. The van der Waals surface area contributed by atoms with Crippen LogP contribution in [0.3, 0.4) is 0 Å². The van der Waals surface area contributed by atoms with Gasteiger partial charge in [0.15, 0.2) is 0 Å². The van der Waals surface area contributed by atoms with E-state index in [1.54, 1.807) is 6.07 Å². The highest BCUT2D eigenvalue weighted by Gasteiger charge is 2.33. The number of hydrogen-bond acceptors (Lipinski definition) is 4. The van der Waals surface area contributed by atoms with Gasteiger partial charge in [0.1, 0.15) is 5.82 Å². The molecule has 1 N–H and O–H groups in total. The first-order valence-corrected chi connectivity index (χ1v) is 12.1. The smallest absolute Gasteiger partial charge is 0.226 e. The lowest BCUT2D eigenvalue weighted by atomic mass is 10.0. The Bertz CT molecular complexity index is 834. The Morgan fingerprint density at radius 2 is 1.97 bits per heavy atom. The maximum Gasteiger partial charge on any atom is 0.226 e. The van der Waals surface area contributed by atoms with Crippen LogP contribution in [0.2, 0.25) is 0 Å². The van der Waals surface area contributed by atoms with Gasteiger partial charge in [-0.1, -0.05) is 12.8 Å². The number of halogens is 1. The van der Waals surface area contributed by atoms with E-state index in [-0.39, 0.29) is 29.6 Å². The van der Waals surface area contributed by atoms with Crippen LogP contribution in [0, 0.1) is 24.6 Å². The molecule has 1 saturated carbocycles. The van der Waals surface area contributed by atoms with E-state index in [1.165, 1.54) is 6.07 Å². The van der Waals surface area contributed by atoms with Crippen LogP contribution in [-0.4, -0.2) is 60.5 Å². The molecule has 0 aromatic heterocycles. The van der Waals surface area contributed by atoms with E-state index in [4.69, 9.17) is 4.74 Å². The molecule has 0 radical (unpaired) electrons. The Hall–Kier alpha value is -1.99. The first-order chi connectivity index (χ1) is 15.4. The average molecular weight is 446 g/mol. The fraction of sp³-hybridized carbons (Fsp3) is 0.680. The van der Waals surface area contributed by atoms with Gasteiger partial charge in [-0.15, -0.1) is 0 Å². The normalized spacial score (nSPS) is 24.8. The summed E-state index contributed by atoms with van der Waals surface area (Å²) in [4.78, 5) is 29.6. The minimum absolute atomic E-state index is 0.0900. The number of nitrogens with zero attached hydrogens (tertiary/aromatic N) is 2. The molecule has 0 bridgehead atoms. The van der Waals surface area contributed by atoms with Crippen LogP contribution in [0.4, 0.5) is 10.1 Å². The molecule has 4 rings (SSSR count). The topological polar surface area (TPSA) is 61.9 Å². The van der Waals surface area contributed by atoms with E-state index < -0.39 is 0 Å². The molecule has 1 aliphatic carbocycles. The summed E-state index contributed by atoms with van der Waals surface area (Å²) < 4.78 is 19.7. The van der Waals surface area contributed by atoms with Crippen LogP contribution in [0.25, 0.3) is 0 Å². The van der Waals surface area contributed by atoms with E-state index >= 15 is 0 Å². The van der Waals surface area contributed by atoms with Crippen LogP contribution in [-0.2, 0) is 20.9 Å². The Morgan fingerprint density at radius 1 is 1.19 bits per heavy atom. The molecular weight excluding hydrogens is 409 g/mol. The van der Waals surface area contributed by atoms with Gasteiger partial charge in [0, 0.05) is 63.5 Å². The van der Waals surface area contributed by atoms with Gasteiger partial charge in [0.2, 0.25) is 11.8 Å². The first kappa shape index (κ1) is 23.2. The molecule has 2 atom stereocenters. The quantitative estimate of drug-likeness (QED) is 0.725. The molecule has 2 amide bonds. The largest absolute Gasteiger partial charge is 0.381 e. The number of hydrogen-bond donors (Lipinski definition) is 1. The summed E-state index contributed by atoms with van der Waals surface area (Å²) in [6.07, 6.45) is 5.68. The summed E-state index contributed by atoms with van der Waals surface area (Å²) in [7, 11) is 0. The molecule has 1 aromatic rings. The molecule has 0 spiro atoms.